The van der Waals surface area contributed by atoms with E-state index in [9.17, 15) is 22.0 Å². The monoisotopic (exact) mass is 524 g/mol. The summed E-state index contributed by atoms with van der Waals surface area (Å²) in [6, 6.07) is 3.26. The van der Waals surface area contributed by atoms with Crippen molar-refractivity contribution in [3.05, 3.63) is 47.0 Å². The van der Waals surface area contributed by atoms with Crippen molar-refractivity contribution in [2.24, 2.45) is 5.92 Å². The quantitative estimate of drug-likeness (QED) is 0.346. The van der Waals surface area contributed by atoms with Gasteiger partial charge in [-0.15, -0.1) is 0 Å². The number of ether oxygens (including phenoxy) is 3. The molecule has 1 fully saturated rings. The van der Waals surface area contributed by atoms with Gasteiger partial charge in [-0.1, -0.05) is 0 Å². The summed E-state index contributed by atoms with van der Waals surface area (Å²) in [5.41, 5.74) is -4.95. The van der Waals surface area contributed by atoms with Crippen LogP contribution in [0, 0.1) is 17.6 Å². The highest BCUT2D eigenvalue weighted by molar-refractivity contribution is 5.78. The van der Waals surface area contributed by atoms with Crippen LogP contribution in [0.25, 0.3) is 11.1 Å². The second-order valence-electron chi connectivity index (χ2n) is 8.78. The molecule has 0 atom stereocenters. The van der Waals surface area contributed by atoms with Crippen molar-refractivity contribution in [1.82, 2.24) is 0 Å². The molecule has 1 saturated carbocycles. The summed E-state index contributed by atoms with van der Waals surface area (Å²) >= 11 is 0. The third-order valence-corrected chi connectivity index (χ3v) is 6.62. The largest absolute Gasteiger partial charge is 0.491 e. The van der Waals surface area contributed by atoms with Crippen LogP contribution in [0.3, 0.4) is 0 Å². The van der Waals surface area contributed by atoms with E-state index < -0.39 is 69.3 Å². The molecule has 0 unspecified atom stereocenters. The molecular formula is C25H24F8O3. The molecule has 11 heteroatoms. The van der Waals surface area contributed by atoms with Gasteiger partial charge >= 0.3 is 18.0 Å². The number of fused-ring (bicyclic) bond motifs is 3. The topological polar surface area (TPSA) is 27.7 Å². The van der Waals surface area contributed by atoms with Crippen LogP contribution in [0.2, 0.25) is 0 Å². The van der Waals surface area contributed by atoms with Crippen molar-refractivity contribution >= 4 is 0 Å². The van der Waals surface area contributed by atoms with E-state index in [1.54, 1.807) is 6.92 Å². The van der Waals surface area contributed by atoms with E-state index in [1.807, 2.05) is 0 Å². The van der Waals surface area contributed by atoms with Crippen LogP contribution in [0.5, 0.6) is 11.5 Å². The Kier molecular flexibility index (Phi) is 6.91. The molecule has 0 aromatic heterocycles. The molecule has 0 spiro atoms. The lowest BCUT2D eigenvalue weighted by molar-refractivity contribution is -0.232. The van der Waals surface area contributed by atoms with Gasteiger partial charge in [0.2, 0.25) is 0 Å². The standard InChI is InChI=1S/C25H24F8O3/c1-3-34-14-7-5-13(6-8-14)25(32,33)36-18-12-10-16-15-9-11-17(35-4-2)21(26)19(15)23(28,29)24(30,31)20(16)22(18)27/h9-14H,3-8H2,1-2H3. The van der Waals surface area contributed by atoms with Gasteiger partial charge in [0.15, 0.2) is 23.1 Å². The minimum absolute atomic E-state index is 0.0206. The molecule has 2 aliphatic rings. The average Bonchev–Trinajstić information content (AvgIpc) is 2.81. The second-order valence-corrected chi connectivity index (χ2v) is 8.78. The molecule has 0 bridgehead atoms. The summed E-state index contributed by atoms with van der Waals surface area (Å²) in [5, 5.41) is 0. The van der Waals surface area contributed by atoms with Gasteiger partial charge in [-0.3, -0.25) is 0 Å². The summed E-state index contributed by atoms with van der Waals surface area (Å²) in [5.74, 6) is -17.6. The van der Waals surface area contributed by atoms with Crippen LogP contribution in [-0.4, -0.2) is 25.4 Å². The maximum absolute atomic E-state index is 15.2. The summed E-state index contributed by atoms with van der Waals surface area (Å²) in [6.07, 6.45) is -3.58. The van der Waals surface area contributed by atoms with Crippen molar-refractivity contribution < 1.29 is 49.3 Å². The van der Waals surface area contributed by atoms with Crippen LogP contribution in [0.1, 0.15) is 50.7 Å². The predicted octanol–water partition coefficient (Wildman–Crippen LogP) is 7.79. The summed E-state index contributed by atoms with van der Waals surface area (Å²) < 4.78 is 135. The van der Waals surface area contributed by atoms with Crippen molar-refractivity contribution in [1.29, 1.82) is 0 Å². The molecule has 0 radical (unpaired) electrons. The fourth-order valence-electron chi connectivity index (χ4n) is 4.87. The van der Waals surface area contributed by atoms with Gasteiger partial charge in [0, 0.05) is 6.61 Å². The van der Waals surface area contributed by atoms with Crippen LogP contribution in [0.15, 0.2) is 24.3 Å². The smallest absolute Gasteiger partial charge is 0.400 e. The molecule has 2 aromatic carbocycles. The fraction of sp³-hybridized carbons (Fsp3) is 0.520. The van der Waals surface area contributed by atoms with E-state index in [2.05, 4.69) is 4.74 Å². The molecule has 2 aliphatic carbocycles. The van der Waals surface area contributed by atoms with Gasteiger partial charge in [-0.25, -0.2) is 8.78 Å². The maximum Gasteiger partial charge on any atom is 0.400 e. The summed E-state index contributed by atoms with van der Waals surface area (Å²) in [4.78, 5) is 0. The van der Waals surface area contributed by atoms with Gasteiger partial charge in [-0.2, -0.15) is 26.3 Å². The van der Waals surface area contributed by atoms with Gasteiger partial charge in [-0.05, 0) is 74.9 Å². The zero-order valence-electron chi connectivity index (χ0n) is 19.5. The van der Waals surface area contributed by atoms with Crippen LogP contribution >= 0.6 is 0 Å². The van der Waals surface area contributed by atoms with E-state index in [4.69, 9.17) is 9.47 Å². The SMILES string of the molecule is CCOc1ccc2c(c1F)C(F)(F)C(F)(F)c1c-2ccc(OC(F)(F)C2CCC(OCC)CC2)c1F. The molecule has 2 aromatic rings. The number of alkyl halides is 6. The molecule has 0 N–H and O–H groups in total. The Balaban J connectivity index is 1.73. The second kappa shape index (κ2) is 9.39. The molecule has 0 saturated heterocycles. The molecule has 0 heterocycles. The number of halogens is 8. The van der Waals surface area contributed by atoms with Gasteiger partial charge in [0.1, 0.15) is 0 Å². The third kappa shape index (κ3) is 4.18. The molecule has 0 aliphatic heterocycles. The predicted molar refractivity (Wildman–Crippen MR) is 114 cm³/mol. The van der Waals surface area contributed by atoms with E-state index >= 15 is 13.2 Å². The zero-order valence-corrected chi connectivity index (χ0v) is 19.5. The third-order valence-electron chi connectivity index (χ3n) is 6.62. The number of benzene rings is 2. The minimum Gasteiger partial charge on any atom is -0.491 e. The van der Waals surface area contributed by atoms with Gasteiger partial charge in [0.25, 0.3) is 0 Å². The van der Waals surface area contributed by atoms with Crippen molar-refractivity contribution in [3.8, 4) is 22.6 Å². The van der Waals surface area contributed by atoms with Crippen LogP contribution in [-0.2, 0) is 16.6 Å². The highest BCUT2D eigenvalue weighted by atomic mass is 19.3. The zero-order chi connectivity index (χ0) is 26.5. The lowest BCUT2D eigenvalue weighted by Gasteiger charge is -2.36. The van der Waals surface area contributed by atoms with Crippen molar-refractivity contribution in [2.45, 2.75) is 63.6 Å². The molecule has 198 valence electrons. The van der Waals surface area contributed by atoms with Gasteiger partial charge in [0.05, 0.1) is 29.8 Å². The molecule has 4 rings (SSSR count). The Bertz CT molecular complexity index is 1130. The highest BCUT2D eigenvalue weighted by Gasteiger charge is 2.66. The Morgan fingerprint density at radius 1 is 0.778 bits per heavy atom. The van der Waals surface area contributed by atoms with E-state index in [0.717, 1.165) is 18.2 Å². The minimum atomic E-state index is -5.27. The Morgan fingerprint density at radius 3 is 1.78 bits per heavy atom. The fourth-order valence-corrected chi connectivity index (χ4v) is 4.87. The van der Waals surface area contributed by atoms with Crippen LogP contribution < -0.4 is 9.47 Å². The molecular weight excluding hydrogens is 500 g/mol. The number of hydrogen-bond donors (Lipinski definition) is 0. The number of rotatable bonds is 7. The van der Waals surface area contributed by atoms with Crippen LogP contribution in [0.4, 0.5) is 35.1 Å². The van der Waals surface area contributed by atoms with Crippen molar-refractivity contribution in [3.63, 3.8) is 0 Å². The van der Waals surface area contributed by atoms with E-state index in [0.29, 0.717) is 25.5 Å². The van der Waals surface area contributed by atoms with Gasteiger partial charge < -0.3 is 14.2 Å². The molecule has 3 nitrogen and oxygen atoms in total. The first-order valence-electron chi connectivity index (χ1n) is 11.6. The summed E-state index contributed by atoms with van der Waals surface area (Å²) in [6.45, 7) is 3.51. The number of hydrogen-bond acceptors (Lipinski definition) is 3. The first kappa shape index (κ1) is 26.5. The maximum atomic E-state index is 15.2. The van der Waals surface area contributed by atoms with Crippen molar-refractivity contribution in [2.75, 3.05) is 13.2 Å². The first-order chi connectivity index (χ1) is 16.9. The molecule has 0 amide bonds. The van der Waals surface area contributed by atoms with E-state index in [1.165, 1.54) is 6.92 Å². The molecule has 36 heavy (non-hydrogen) atoms. The lowest BCUT2D eigenvalue weighted by atomic mass is 9.79. The average molecular weight is 524 g/mol. The lowest BCUT2D eigenvalue weighted by Crippen LogP contribution is -2.42. The Morgan fingerprint density at radius 2 is 1.28 bits per heavy atom. The normalized spacial score (nSPS) is 22.5. The highest BCUT2D eigenvalue weighted by Crippen LogP contribution is 2.60. The Labute approximate surface area is 202 Å². The summed E-state index contributed by atoms with van der Waals surface area (Å²) in [7, 11) is 0. The first-order valence-corrected chi connectivity index (χ1v) is 11.6. The van der Waals surface area contributed by atoms with E-state index in [-0.39, 0.29) is 25.6 Å². The Hall–Kier alpha value is -2.56.